The molecule has 1 aromatic heterocycles. The van der Waals surface area contributed by atoms with E-state index in [1.807, 2.05) is 30.3 Å². The summed E-state index contributed by atoms with van der Waals surface area (Å²) in [6, 6.07) is 23.6. The maximum atomic E-state index is 13.9. The van der Waals surface area contributed by atoms with E-state index in [4.69, 9.17) is 9.47 Å². The highest BCUT2D eigenvalue weighted by Gasteiger charge is 2.31. The molecule has 12 heteroatoms. The van der Waals surface area contributed by atoms with Crippen molar-refractivity contribution in [3.05, 3.63) is 126 Å². The first-order valence-electron chi connectivity index (χ1n) is 14.8. The van der Waals surface area contributed by atoms with Gasteiger partial charge in [-0.15, -0.1) is 0 Å². The topological polar surface area (TPSA) is 118 Å². The van der Waals surface area contributed by atoms with Crippen molar-refractivity contribution in [2.75, 3.05) is 32.9 Å². The van der Waals surface area contributed by atoms with Crippen molar-refractivity contribution in [2.45, 2.75) is 30.4 Å². The Bertz CT molecular complexity index is 1690. The molecule has 3 aromatic carbocycles. The quantitative estimate of drug-likeness (QED) is 0.236. The Hall–Kier alpha value is -4.65. The highest BCUT2D eigenvalue weighted by atomic mass is 32.2. The van der Waals surface area contributed by atoms with Gasteiger partial charge in [-0.3, -0.25) is 14.6 Å². The molecule has 10 nitrogen and oxygen atoms in total. The number of hydrogen-bond acceptors (Lipinski definition) is 7. The van der Waals surface area contributed by atoms with Gasteiger partial charge in [0.05, 0.1) is 18.1 Å². The molecule has 1 fully saturated rings. The zero-order chi connectivity index (χ0) is 32.4. The number of morpholine rings is 1. The summed E-state index contributed by atoms with van der Waals surface area (Å²) >= 11 is 0. The molecule has 0 spiro atoms. The number of nitrogens with one attached hydrogen (secondary N) is 1. The van der Waals surface area contributed by atoms with Crippen LogP contribution in [0.5, 0.6) is 5.75 Å². The Morgan fingerprint density at radius 3 is 2.24 bits per heavy atom. The number of pyridine rings is 1. The van der Waals surface area contributed by atoms with Gasteiger partial charge in [0, 0.05) is 45.0 Å². The fourth-order valence-electron chi connectivity index (χ4n) is 5.02. The smallest absolute Gasteiger partial charge is 0.261 e. The van der Waals surface area contributed by atoms with Crippen LogP contribution in [0, 0.1) is 5.82 Å². The van der Waals surface area contributed by atoms with Crippen LogP contribution < -0.4 is 10.1 Å². The number of ether oxygens (including phenoxy) is 2. The zero-order valence-corrected chi connectivity index (χ0v) is 25.9. The summed E-state index contributed by atoms with van der Waals surface area (Å²) in [5, 5.41) is 2.94. The molecule has 1 atom stereocenters. The maximum Gasteiger partial charge on any atom is 0.261 e. The molecule has 0 bridgehead atoms. The summed E-state index contributed by atoms with van der Waals surface area (Å²) in [5.41, 5.74) is 2.33. The Balaban J connectivity index is 1.35. The number of sulfonamides is 1. The monoisotopic (exact) mass is 646 g/mol. The molecule has 5 rings (SSSR count). The molecule has 1 aliphatic rings. The van der Waals surface area contributed by atoms with E-state index in [0.29, 0.717) is 18.8 Å². The van der Waals surface area contributed by atoms with Crippen LogP contribution in [0.4, 0.5) is 4.39 Å². The fraction of sp³-hybridized carbons (Fsp3) is 0.265. The van der Waals surface area contributed by atoms with Gasteiger partial charge in [-0.1, -0.05) is 42.5 Å². The third-order valence-electron chi connectivity index (χ3n) is 7.55. The molecule has 0 radical (unpaired) electrons. The summed E-state index contributed by atoms with van der Waals surface area (Å²) in [6.45, 7) is 1.08. The van der Waals surface area contributed by atoms with Gasteiger partial charge in [0.15, 0.2) is 6.61 Å². The van der Waals surface area contributed by atoms with E-state index in [2.05, 4.69) is 10.3 Å². The molecule has 1 N–H and O–H groups in total. The van der Waals surface area contributed by atoms with Crippen LogP contribution in [0.1, 0.15) is 16.7 Å². The number of halogens is 1. The minimum atomic E-state index is -3.69. The van der Waals surface area contributed by atoms with Crippen LogP contribution in [0.3, 0.4) is 0 Å². The lowest BCUT2D eigenvalue weighted by atomic mass is 10.0. The average Bonchev–Trinajstić information content (AvgIpc) is 3.10. The van der Waals surface area contributed by atoms with Crippen molar-refractivity contribution in [1.29, 1.82) is 0 Å². The van der Waals surface area contributed by atoms with Crippen molar-refractivity contribution < 1.29 is 31.9 Å². The number of benzene rings is 3. The summed E-state index contributed by atoms with van der Waals surface area (Å²) in [6.07, 6.45) is 3.49. The summed E-state index contributed by atoms with van der Waals surface area (Å²) < 4.78 is 52.1. The zero-order valence-electron chi connectivity index (χ0n) is 25.1. The van der Waals surface area contributed by atoms with Crippen LogP contribution in [-0.2, 0) is 43.9 Å². The van der Waals surface area contributed by atoms with Crippen molar-refractivity contribution >= 4 is 21.8 Å². The fourth-order valence-corrected chi connectivity index (χ4v) is 6.43. The van der Waals surface area contributed by atoms with Gasteiger partial charge in [0.25, 0.3) is 5.91 Å². The van der Waals surface area contributed by atoms with Crippen molar-refractivity contribution in [3.63, 3.8) is 0 Å². The van der Waals surface area contributed by atoms with Gasteiger partial charge >= 0.3 is 0 Å². The van der Waals surface area contributed by atoms with Gasteiger partial charge in [0.2, 0.25) is 15.9 Å². The lowest BCUT2D eigenvalue weighted by Crippen LogP contribution is -2.51. The van der Waals surface area contributed by atoms with Crippen LogP contribution in [0.25, 0.3) is 0 Å². The number of carbonyl (C=O) groups is 2. The largest absolute Gasteiger partial charge is 0.484 e. The van der Waals surface area contributed by atoms with Crippen molar-refractivity contribution in [2.24, 2.45) is 0 Å². The van der Waals surface area contributed by atoms with Crippen LogP contribution in [0.2, 0.25) is 0 Å². The molecule has 1 aliphatic heterocycles. The van der Waals surface area contributed by atoms with Crippen molar-refractivity contribution in [1.82, 2.24) is 19.5 Å². The number of carbonyl (C=O) groups excluding carboxylic acids is 2. The van der Waals surface area contributed by atoms with Crippen LogP contribution in [0.15, 0.2) is 108 Å². The molecular weight excluding hydrogens is 611 g/mol. The molecular formula is C34H35FN4O6S. The van der Waals surface area contributed by atoms with E-state index < -0.39 is 34.4 Å². The predicted molar refractivity (Wildman–Crippen MR) is 168 cm³/mol. The molecule has 46 heavy (non-hydrogen) atoms. The molecule has 0 unspecified atom stereocenters. The Labute approximate surface area is 267 Å². The highest BCUT2D eigenvalue weighted by Crippen LogP contribution is 2.21. The SMILES string of the molecule is O=C(NCc1ccncc1)[C@@H](Cc1ccccc1)N(Cc1ccc(F)cc1)C(=O)COc1ccc(S(=O)(=O)N2CCOCC2)cc1. The number of nitrogens with zero attached hydrogens (tertiary/aromatic N) is 3. The molecule has 4 aromatic rings. The highest BCUT2D eigenvalue weighted by molar-refractivity contribution is 7.89. The second kappa shape index (κ2) is 15.6. The van der Waals surface area contributed by atoms with Gasteiger partial charge in [0.1, 0.15) is 17.6 Å². The first-order chi connectivity index (χ1) is 22.3. The molecule has 0 aliphatic carbocycles. The third kappa shape index (κ3) is 8.75. The number of rotatable bonds is 13. The van der Waals surface area contributed by atoms with Gasteiger partial charge in [-0.05, 0) is 65.2 Å². The van der Waals surface area contributed by atoms with E-state index in [1.54, 1.807) is 36.7 Å². The predicted octanol–water partition coefficient (Wildman–Crippen LogP) is 3.58. The van der Waals surface area contributed by atoms with Crippen molar-refractivity contribution in [3.8, 4) is 5.75 Å². The average molecular weight is 647 g/mol. The number of hydrogen-bond donors (Lipinski definition) is 1. The minimum absolute atomic E-state index is 0.0272. The van der Waals surface area contributed by atoms with Crippen LogP contribution >= 0.6 is 0 Å². The normalized spacial score (nSPS) is 14.3. The van der Waals surface area contributed by atoms with Gasteiger partial charge in [-0.25, -0.2) is 12.8 Å². The van der Waals surface area contributed by atoms with E-state index in [-0.39, 0.29) is 49.2 Å². The Morgan fingerprint density at radius 1 is 0.891 bits per heavy atom. The lowest BCUT2D eigenvalue weighted by Gasteiger charge is -2.31. The van der Waals surface area contributed by atoms with Gasteiger partial charge < -0.3 is 19.7 Å². The summed E-state index contributed by atoms with van der Waals surface area (Å²) in [5.74, 6) is -0.971. The second-order valence-electron chi connectivity index (χ2n) is 10.7. The first-order valence-corrected chi connectivity index (χ1v) is 16.3. The molecule has 2 heterocycles. The Morgan fingerprint density at radius 2 is 1.57 bits per heavy atom. The molecule has 2 amide bonds. The molecule has 0 saturated carbocycles. The van der Waals surface area contributed by atoms with Gasteiger partial charge in [-0.2, -0.15) is 4.31 Å². The maximum absolute atomic E-state index is 13.9. The Kier molecular flexibility index (Phi) is 11.1. The third-order valence-corrected chi connectivity index (χ3v) is 9.46. The molecule has 240 valence electrons. The second-order valence-corrected chi connectivity index (χ2v) is 12.6. The summed E-state index contributed by atoms with van der Waals surface area (Å²) in [7, 11) is -3.69. The van der Waals surface area contributed by atoms with E-state index in [0.717, 1.165) is 11.1 Å². The molecule has 1 saturated heterocycles. The number of aromatic nitrogens is 1. The minimum Gasteiger partial charge on any atom is -0.484 e. The first kappa shape index (κ1) is 32.7. The van der Waals surface area contributed by atoms with E-state index >= 15 is 0 Å². The summed E-state index contributed by atoms with van der Waals surface area (Å²) in [4.78, 5) is 33.2. The van der Waals surface area contributed by atoms with E-state index in [1.165, 1.54) is 45.6 Å². The van der Waals surface area contributed by atoms with Crippen LogP contribution in [-0.4, -0.2) is 73.4 Å². The lowest BCUT2D eigenvalue weighted by molar-refractivity contribution is -0.142. The van der Waals surface area contributed by atoms with E-state index in [9.17, 15) is 22.4 Å². The number of amides is 2. The standard InChI is InChI=1S/C34H35FN4O6S/c35-29-8-6-28(7-9-29)24-39(32(22-26-4-2-1-3-5-26)34(41)37-23-27-14-16-36-17-15-27)33(40)25-45-30-10-12-31(13-11-30)46(42,43)38-18-20-44-21-19-38/h1-17,32H,18-25H2,(H,37,41)/t32-/m1/s1.